The fourth-order valence-electron chi connectivity index (χ4n) is 7.07. The van der Waals surface area contributed by atoms with E-state index in [1.54, 1.807) is 24.3 Å². The number of ether oxygens (including phenoxy) is 1. The van der Waals surface area contributed by atoms with Crippen LogP contribution in [0.25, 0.3) is 0 Å². The third-order valence-corrected chi connectivity index (χ3v) is 11.2. The number of benzene rings is 1. The van der Waals surface area contributed by atoms with E-state index in [2.05, 4.69) is 15.6 Å². The fourth-order valence-corrected chi connectivity index (χ4v) is 7.91. The van der Waals surface area contributed by atoms with Crippen LogP contribution in [0.4, 0.5) is 0 Å². The Balaban J connectivity index is 1.84. The zero-order valence-electron chi connectivity index (χ0n) is 32.3. The van der Waals surface area contributed by atoms with Crippen LogP contribution >= 0.6 is 11.3 Å². The van der Waals surface area contributed by atoms with Gasteiger partial charge in [0.25, 0.3) is 5.91 Å². The molecule has 1 aromatic heterocycles. The molecule has 0 aliphatic carbocycles. The van der Waals surface area contributed by atoms with Crippen LogP contribution in [0.15, 0.2) is 35.7 Å². The first-order chi connectivity index (χ1) is 24.5. The van der Waals surface area contributed by atoms with E-state index in [9.17, 15) is 29.1 Å². The maximum absolute atomic E-state index is 14.2. The normalized spacial score (nSPS) is 19.0. The molecule has 0 saturated carbocycles. The summed E-state index contributed by atoms with van der Waals surface area (Å²) in [5, 5.41) is 17.8. The maximum atomic E-state index is 14.2. The standard InChI is InChI=1S/C39H59N5O7S/c1-10-25(4)33(41-35(47)30-18-14-15-19-43(30)8)37(48)44(9)31(24(2)3)20-32(51-27(6)45)36-40-29(23-52-36)34(46)42-39(7,21-26(5)38(49)50)22-28-16-12-11-13-17-28/h11-13,16-17,23-26,30-33H,10,14-15,18-22H2,1-9H3,(H,41,47)(H,42,46)(H,49,50)/t25?,26-,30+,31+,32-,33-,39+/m0/s1. The Morgan fingerprint density at radius 2 is 1.79 bits per heavy atom. The molecule has 1 saturated heterocycles. The lowest BCUT2D eigenvalue weighted by Gasteiger charge is -2.38. The van der Waals surface area contributed by atoms with E-state index in [-0.39, 0.29) is 48.2 Å². The zero-order valence-corrected chi connectivity index (χ0v) is 33.1. The van der Waals surface area contributed by atoms with Crippen LogP contribution in [-0.2, 0) is 30.3 Å². The molecule has 12 nitrogen and oxygen atoms in total. The molecule has 2 heterocycles. The van der Waals surface area contributed by atoms with E-state index in [0.29, 0.717) is 17.8 Å². The van der Waals surface area contributed by atoms with E-state index >= 15 is 0 Å². The number of thiazole rings is 1. The molecular weight excluding hydrogens is 683 g/mol. The van der Waals surface area contributed by atoms with Crippen molar-refractivity contribution in [2.24, 2.45) is 17.8 Å². The summed E-state index contributed by atoms with van der Waals surface area (Å²) in [5.74, 6) is -3.17. The molecule has 3 N–H and O–H groups in total. The number of carbonyl (C=O) groups is 5. The highest BCUT2D eigenvalue weighted by atomic mass is 32.1. The SMILES string of the molecule is CCC(C)[C@H](NC(=O)[C@H]1CCCCN1C)C(=O)N(C)[C@H](C[C@H](OC(C)=O)c1nc(C(=O)N[C@@](C)(Cc2ccccc2)C[C@H](C)C(=O)O)cs1)C(C)C. The predicted octanol–water partition coefficient (Wildman–Crippen LogP) is 5.48. The average molecular weight is 742 g/mol. The second-order valence-electron chi connectivity index (χ2n) is 15.1. The van der Waals surface area contributed by atoms with E-state index in [1.807, 2.05) is 76.9 Å². The van der Waals surface area contributed by atoms with Gasteiger partial charge in [-0.05, 0) is 63.6 Å². The molecule has 3 amide bonds. The topological polar surface area (TPSA) is 158 Å². The highest BCUT2D eigenvalue weighted by Gasteiger charge is 2.38. The molecule has 52 heavy (non-hydrogen) atoms. The number of amides is 3. The van der Waals surface area contributed by atoms with Crippen molar-refractivity contribution in [2.75, 3.05) is 20.6 Å². The minimum atomic E-state index is -0.952. The monoisotopic (exact) mass is 741 g/mol. The number of nitrogens with one attached hydrogen (secondary N) is 2. The number of carboxylic acid groups (broad SMARTS) is 1. The summed E-state index contributed by atoms with van der Waals surface area (Å²) >= 11 is 1.18. The first-order valence-corrected chi connectivity index (χ1v) is 19.3. The smallest absolute Gasteiger partial charge is 0.306 e. The van der Waals surface area contributed by atoms with Crippen molar-refractivity contribution in [3.05, 3.63) is 52.0 Å². The third kappa shape index (κ3) is 11.8. The van der Waals surface area contributed by atoms with Gasteiger partial charge < -0.3 is 25.4 Å². The lowest BCUT2D eigenvalue weighted by Crippen LogP contribution is -2.58. The first-order valence-electron chi connectivity index (χ1n) is 18.4. The van der Waals surface area contributed by atoms with E-state index in [4.69, 9.17) is 4.74 Å². The molecule has 1 fully saturated rings. The van der Waals surface area contributed by atoms with Crippen molar-refractivity contribution in [1.82, 2.24) is 25.4 Å². The summed E-state index contributed by atoms with van der Waals surface area (Å²) < 4.78 is 5.78. The lowest BCUT2D eigenvalue weighted by molar-refractivity contribution is -0.149. The largest absolute Gasteiger partial charge is 0.481 e. The number of nitrogens with zero attached hydrogens (tertiary/aromatic N) is 3. The summed E-state index contributed by atoms with van der Waals surface area (Å²) in [7, 11) is 3.66. The van der Waals surface area contributed by atoms with Gasteiger partial charge in [-0.25, -0.2) is 4.98 Å². The molecule has 13 heteroatoms. The summed E-state index contributed by atoms with van der Waals surface area (Å²) in [5.41, 5.74) is 0.179. The van der Waals surface area contributed by atoms with Gasteiger partial charge in [0.1, 0.15) is 16.7 Å². The van der Waals surface area contributed by atoms with Crippen molar-refractivity contribution in [3.63, 3.8) is 0 Å². The zero-order chi connectivity index (χ0) is 38.7. The van der Waals surface area contributed by atoms with Crippen molar-refractivity contribution in [1.29, 1.82) is 0 Å². The fraction of sp³-hybridized carbons (Fsp3) is 0.641. The minimum absolute atomic E-state index is 0.0533. The van der Waals surface area contributed by atoms with Crippen LogP contribution < -0.4 is 10.6 Å². The highest BCUT2D eigenvalue weighted by molar-refractivity contribution is 7.09. The Labute approximate surface area is 313 Å². The van der Waals surface area contributed by atoms with Crippen LogP contribution in [0.1, 0.15) is 114 Å². The Bertz CT molecular complexity index is 1520. The van der Waals surface area contributed by atoms with Crippen molar-refractivity contribution >= 4 is 41.0 Å². The molecule has 0 radical (unpaired) electrons. The van der Waals surface area contributed by atoms with Gasteiger partial charge in [0, 0.05) is 37.4 Å². The molecular formula is C39H59N5O7S. The molecule has 3 rings (SSSR count). The number of likely N-dealkylation sites (N-methyl/N-ethyl adjacent to an activating group) is 2. The Hall–Kier alpha value is -3.84. The molecule has 1 aliphatic rings. The molecule has 0 spiro atoms. The van der Waals surface area contributed by atoms with Gasteiger partial charge >= 0.3 is 11.9 Å². The summed E-state index contributed by atoms with van der Waals surface area (Å²) in [6.07, 6.45) is 3.44. The number of likely N-dealkylation sites (tertiary alicyclic amines) is 1. The van der Waals surface area contributed by atoms with Crippen LogP contribution in [-0.4, -0.2) is 93.9 Å². The van der Waals surface area contributed by atoms with E-state index < -0.39 is 47.5 Å². The maximum Gasteiger partial charge on any atom is 0.306 e. The molecule has 0 bridgehead atoms. The molecule has 1 unspecified atom stereocenters. The Morgan fingerprint density at radius 3 is 2.37 bits per heavy atom. The number of aliphatic carboxylic acids is 1. The quantitative estimate of drug-likeness (QED) is 0.168. The number of rotatable bonds is 18. The van der Waals surface area contributed by atoms with Crippen molar-refractivity contribution in [2.45, 2.75) is 123 Å². The second-order valence-corrected chi connectivity index (χ2v) is 16.0. The van der Waals surface area contributed by atoms with Crippen LogP contribution in [0.2, 0.25) is 0 Å². The van der Waals surface area contributed by atoms with Gasteiger partial charge in [0.15, 0.2) is 6.10 Å². The number of carboxylic acids is 1. The number of aromatic nitrogens is 1. The van der Waals surface area contributed by atoms with Gasteiger partial charge in [-0.15, -0.1) is 11.3 Å². The number of esters is 1. The molecule has 1 aliphatic heterocycles. The third-order valence-electron chi connectivity index (χ3n) is 10.3. The van der Waals surface area contributed by atoms with Crippen molar-refractivity contribution in [3.8, 4) is 0 Å². The number of hydrogen-bond acceptors (Lipinski definition) is 9. The van der Waals surface area contributed by atoms with Gasteiger partial charge in [-0.2, -0.15) is 0 Å². The average Bonchev–Trinajstić information content (AvgIpc) is 3.59. The number of piperidine rings is 1. The highest BCUT2D eigenvalue weighted by Crippen LogP contribution is 2.32. The summed E-state index contributed by atoms with van der Waals surface area (Å²) in [6, 6.07) is 8.15. The number of carbonyl (C=O) groups excluding carboxylic acids is 4. The van der Waals surface area contributed by atoms with Crippen molar-refractivity contribution < 1.29 is 33.8 Å². The number of hydrogen-bond donors (Lipinski definition) is 3. The molecule has 1 aromatic carbocycles. The van der Waals surface area contributed by atoms with Gasteiger partial charge in [-0.1, -0.05) is 77.8 Å². The van der Waals surface area contributed by atoms with Gasteiger partial charge in [0.05, 0.1) is 12.0 Å². The van der Waals surface area contributed by atoms with E-state index in [0.717, 1.165) is 31.4 Å². The second kappa shape index (κ2) is 19.3. The lowest BCUT2D eigenvalue weighted by atomic mass is 9.84. The Kier molecular flexibility index (Phi) is 15.8. The van der Waals surface area contributed by atoms with Crippen LogP contribution in [0.3, 0.4) is 0 Å². The molecule has 7 atom stereocenters. The summed E-state index contributed by atoms with van der Waals surface area (Å²) in [6.45, 7) is 13.5. The molecule has 288 valence electrons. The minimum Gasteiger partial charge on any atom is -0.481 e. The predicted molar refractivity (Wildman–Crippen MR) is 202 cm³/mol. The van der Waals surface area contributed by atoms with Crippen LogP contribution in [0, 0.1) is 17.8 Å². The van der Waals surface area contributed by atoms with Gasteiger partial charge in [0.2, 0.25) is 11.8 Å². The summed E-state index contributed by atoms with van der Waals surface area (Å²) in [4.78, 5) is 73.7. The van der Waals surface area contributed by atoms with Crippen LogP contribution in [0.5, 0.6) is 0 Å². The Morgan fingerprint density at radius 1 is 1.12 bits per heavy atom. The van der Waals surface area contributed by atoms with E-state index in [1.165, 1.54) is 18.3 Å². The van der Waals surface area contributed by atoms with Gasteiger partial charge in [-0.3, -0.25) is 28.9 Å². The molecule has 2 aromatic rings. The first kappa shape index (κ1) is 42.6.